The summed E-state index contributed by atoms with van der Waals surface area (Å²) in [5, 5.41) is 9.63. The van der Waals surface area contributed by atoms with Gasteiger partial charge in [-0.3, -0.25) is 9.59 Å². The highest BCUT2D eigenvalue weighted by Gasteiger charge is 2.25. The molecule has 98 valence electrons. The van der Waals surface area contributed by atoms with Crippen LogP contribution >= 0.6 is 23.2 Å². The predicted molar refractivity (Wildman–Crippen MR) is 67.4 cm³/mol. The lowest BCUT2D eigenvalue weighted by Gasteiger charge is -2.24. The highest BCUT2D eigenvalue weighted by Crippen LogP contribution is 2.17. The zero-order valence-electron chi connectivity index (χ0n) is 9.83. The predicted octanol–water partition coefficient (Wildman–Crippen LogP) is 1.17. The van der Waals surface area contributed by atoms with Crippen LogP contribution in [0, 0.1) is 0 Å². The molecule has 1 rings (SSSR count). The molecule has 0 atom stereocenters. The van der Waals surface area contributed by atoms with Gasteiger partial charge in [-0.05, 0) is 19.9 Å². The fourth-order valence-electron chi connectivity index (χ4n) is 1.37. The summed E-state index contributed by atoms with van der Waals surface area (Å²) in [7, 11) is 0. The molecule has 6 nitrogen and oxygen atoms in total. The van der Waals surface area contributed by atoms with Gasteiger partial charge in [-0.15, -0.1) is 10.2 Å². The number of nitrogens with zero attached hydrogens (tertiary/aromatic N) is 2. The Bertz CT molecular complexity index is 491. The van der Waals surface area contributed by atoms with Crippen LogP contribution in [0.5, 0.6) is 0 Å². The van der Waals surface area contributed by atoms with E-state index in [0.717, 1.165) is 0 Å². The fourth-order valence-corrected chi connectivity index (χ4v) is 1.69. The van der Waals surface area contributed by atoms with Crippen LogP contribution in [0.1, 0.15) is 30.6 Å². The van der Waals surface area contributed by atoms with E-state index < -0.39 is 17.4 Å². The summed E-state index contributed by atoms with van der Waals surface area (Å²) >= 11 is 11.4. The molecule has 0 aliphatic carbocycles. The Morgan fingerprint density at radius 2 is 2.00 bits per heavy atom. The first kappa shape index (κ1) is 14.7. The van der Waals surface area contributed by atoms with E-state index >= 15 is 0 Å². The normalized spacial score (nSPS) is 11.1. The monoisotopic (exact) mass is 290 g/mol. The maximum atomic E-state index is 11.9. The third-order valence-corrected chi connectivity index (χ3v) is 2.50. The first-order chi connectivity index (χ1) is 8.21. The Hall–Kier alpha value is -1.40. The summed E-state index contributed by atoms with van der Waals surface area (Å²) in [5.41, 5.74) is 4.39. The second-order valence-corrected chi connectivity index (χ2v) is 5.10. The Balaban J connectivity index is 2.88. The number of primary amides is 1. The molecular weight excluding hydrogens is 279 g/mol. The highest BCUT2D eigenvalue weighted by molar-refractivity contribution is 6.34. The van der Waals surface area contributed by atoms with Crippen LogP contribution in [0.2, 0.25) is 10.3 Å². The van der Waals surface area contributed by atoms with Crippen molar-refractivity contribution >= 4 is 35.0 Å². The third kappa shape index (κ3) is 4.12. The number of nitrogens with two attached hydrogens (primary N) is 1. The summed E-state index contributed by atoms with van der Waals surface area (Å²) in [6.07, 6.45) is 0.00258. The summed E-state index contributed by atoms with van der Waals surface area (Å²) in [6, 6.07) is 1.30. The standard InChI is InChI=1S/C10H12Cl2N4O2/c1-10(2,4-7(13)17)14-9(18)5-3-6(11)15-16-8(5)12/h3H,4H2,1-2H3,(H2,13,17)(H,14,18). The molecule has 3 N–H and O–H groups in total. The number of carbonyl (C=O) groups excluding carboxylic acids is 2. The molecule has 0 saturated carbocycles. The van der Waals surface area contributed by atoms with Crippen molar-refractivity contribution in [2.24, 2.45) is 5.73 Å². The number of hydrogen-bond donors (Lipinski definition) is 2. The Morgan fingerprint density at radius 1 is 1.39 bits per heavy atom. The van der Waals surface area contributed by atoms with E-state index in [1.54, 1.807) is 13.8 Å². The lowest BCUT2D eigenvalue weighted by molar-refractivity contribution is -0.119. The Kier molecular flexibility index (Phi) is 4.48. The molecule has 8 heteroatoms. The van der Waals surface area contributed by atoms with Crippen molar-refractivity contribution in [3.8, 4) is 0 Å². The first-order valence-corrected chi connectivity index (χ1v) is 5.76. The zero-order chi connectivity index (χ0) is 13.9. The Labute approximate surface area is 114 Å². The smallest absolute Gasteiger partial charge is 0.255 e. The van der Waals surface area contributed by atoms with Crippen LogP contribution in [-0.2, 0) is 4.79 Å². The van der Waals surface area contributed by atoms with Crippen LogP contribution in [-0.4, -0.2) is 27.6 Å². The number of aromatic nitrogens is 2. The summed E-state index contributed by atoms with van der Waals surface area (Å²) in [5.74, 6) is -1.01. The molecule has 0 aromatic carbocycles. The van der Waals surface area contributed by atoms with Gasteiger partial charge in [0.25, 0.3) is 5.91 Å². The topological polar surface area (TPSA) is 98.0 Å². The second kappa shape index (κ2) is 5.49. The molecule has 2 amide bonds. The van der Waals surface area contributed by atoms with Gasteiger partial charge in [0.05, 0.1) is 5.56 Å². The molecule has 0 saturated heterocycles. The summed E-state index contributed by atoms with van der Waals surface area (Å²) < 4.78 is 0. The molecule has 0 radical (unpaired) electrons. The van der Waals surface area contributed by atoms with Gasteiger partial charge in [-0.2, -0.15) is 0 Å². The van der Waals surface area contributed by atoms with E-state index in [2.05, 4.69) is 15.5 Å². The van der Waals surface area contributed by atoms with E-state index in [1.165, 1.54) is 6.07 Å². The van der Waals surface area contributed by atoms with E-state index in [-0.39, 0.29) is 22.3 Å². The van der Waals surface area contributed by atoms with Crippen LogP contribution in [0.15, 0.2) is 6.07 Å². The zero-order valence-corrected chi connectivity index (χ0v) is 11.3. The maximum Gasteiger partial charge on any atom is 0.255 e. The average molecular weight is 291 g/mol. The SMILES string of the molecule is CC(C)(CC(N)=O)NC(=O)c1cc(Cl)nnc1Cl. The van der Waals surface area contributed by atoms with E-state index in [4.69, 9.17) is 28.9 Å². The van der Waals surface area contributed by atoms with Gasteiger partial charge in [0.1, 0.15) is 0 Å². The molecule has 1 heterocycles. The number of amides is 2. The van der Waals surface area contributed by atoms with Gasteiger partial charge in [0.2, 0.25) is 5.91 Å². The minimum absolute atomic E-state index is 0.00258. The third-order valence-electron chi connectivity index (χ3n) is 2.03. The molecule has 1 aromatic heterocycles. The Morgan fingerprint density at radius 3 is 2.56 bits per heavy atom. The number of nitrogens with one attached hydrogen (secondary N) is 1. The molecule has 1 aromatic rings. The van der Waals surface area contributed by atoms with Gasteiger partial charge < -0.3 is 11.1 Å². The van der Waals surface area contributed by atoms with Crippen molar-refractivity contribution in [3.05, 3.63) is 21.9 Å². The van der Waals surface area contributed by atoms with Gasteiger partial charge in [0, 0.05) is 12.0 Å². The van der Waals surface area contributed by atoms with Gasteiger partial charge in [-0.1, -0.05) is 23.2 Å². The summed E-state index contributed by atoms with van der Waals surface area (Å²) in [6.45, 7) is 3.33. The van der Waals surface area contributed by atoms with Crippen molar-refractivity contribution in [1.29, 1.82) is 0 Å². The molecule has 18 heavy (non-hydrogen) atoms. The van der Waals surface area contributed by atoms with E-state index in [9.17, 15) is 9.59 Å². The molecule has 0 fully saturated rings. The van der Waals surface area contributed by atoms with Gasteiger partial charge in [0.15, 0.2) is 10.3 Å². The van der Waals surface area contributed by atoms with Crippen molar-refractivity contribution in [2.75, 3.05) is 0 Å². The lowest BCUT2D eigenvalue weighted by atomic mass is 10.00. The van der Waals surface area contributed by atoms with Crippen LogP contribution in [0.4, 0.5) is 0 Å². The van der Waals surface area contributed by atoms with E-state index in [0.29, 0.717) is 0 Å². The van der Waals surface area contributed by atoms with Crippen LogP contribution < -0.4 is 11.1 Å². The van der Waals surface area contributed by atoms with Crippen molar-refractivity contribution in [2.45, 2.75) is 25.8 Å². The second-order valence-electron chi connectivity index (χ2n) is 4.35. The molecule has 0 bridgehead atoms. The molecular formula is C10H12Cl2N4O2. The summed E-state index contributed by atoms with van der Waals surface area (Å²) in [4.78, 5) is 22.8. The molecule has 0 aliphatic rings. The van der Waals surface area contributed by atoms with E-state index in [1.807, 2.05) is 0 Å². The average Bonchev–Trinajstić information content (AvgIpc) is 2.18. The van der Waals surface area contributed by atoms with Crippen LogP contribution in [0.25, 0.3) is 0 Å². The molecule has 0 unspecified atom stereocenters. The van der Waals surface area contributed by atoms with Gasteiger partial charge >= 0.3 is 0 Å². The minimum Gasteiger partial charge on any atom is -0.370 e. The minimum atomic E-state index is -0.790. The molecule has 0 aliphatic heterocycles. The van der Waals surface area contributed by atoms with Crippen molar-refractivity contribution in [3.63, 3.8) is 0 Å². The number of rotatable bonds is 4. The lowest BCUT2D eigenvalue weighted by Crippen LogP contribution is -2.46. The fraction of sp³-hybridized carbons (Fsp3) is 0.400. The van der Waals surface area contributed by atoms with Crippen molar-refractivity contribution < 1.29 is 9.59 Å². The quantitative estimate of drug-likeness (QED) is 0.869. The number of hydrogen-bond acceptors (Lipinski definition) is 4. The van der Waals surface area contributed by atoms with Crippen LogP contribution in [0.3, 0.4) is 0 Å². The highest BCUT2D eigenvalue weighted by atomic mass is 35.5. The largest absolute Gasteiger partial charge is 0.370 e. The first-order valence-electron chi connectivity index (χ1n) is 5.01. The van der Waals surface area contributed by atoms with Gasteiger partial charge in [-0.25, -0.2) is 0 Å². The number of halogens is 2. The van der Waals surface area contributed by atoms with Crippen molar-refractivity contribution in [1.82, 2.24) is 15.5 Å². The molecule has 0 spiro atoms. The number of carbonyl (C=O) groups is 2. The maximum absolute atomic E-state index is 11.9.